The Morgan fingerprint density at radius 2 is 2.09 bits per heavy atom. The third-order valence-corrected chi connectivity index (χ3v) is 3.93. The van der Waals surface area contributed by atoms with Crippen molar-refractivity contribution in [1.29, 1.82) is 0 Å². The SMILES string of the molecule is C[C@H](Cc1cccs1)NC(=O)c1cccc(NCC(=O)O)c1. The van der Waals surface area contributed by atoms with Crippen LogP contribution in [0.3, 0.4) is 0 Å². The molecule has 5 nitrogen and oxygen atoms in total. The van der Waals surface area contributed by atoms with Crippen LogP contribution in [0.15, 0.2) is 41.8 Å². The lowest BCUT2D eigenvalue weighted by Gasteiger charge is -2.13. The standard InChI is InChI=1S/C16H18N2O3S/c1-11(8-14-6-3-7-22-14)18-16(21)12-4-2-5-13(9-12)17-10-15(19)20/h2-7,9,11,17H,8,10H2,1H3,(H,18,21)(H,19,20)/t11-/m1/s1. The number of thiophene rings is 1. The van der Waals surface area contributed by atoms with Crippen molar-refractivity contribution in [2.24, 2.45) is 0 Å². The minimum absolute atomic E-state index is 0.0294. The number of amides is 1. The molecular weight excluding hydrogens is 300 g/mol. The molecule has 3 N–H and O–H groups in total. The van der Waals surface area contributed by atoms with E-state index in [0.717, 1.165) is 6.42 Å². The molecule has 0 aliphatic rings. The molecule has 2 rings (SSSR count). The minimum Gasteiger partial charge on any atom is -0.480 e. The molecule has 116 valence electrons. The van der Waals surface area contributed by atoms with Crippen LogP contribution in [-0.4, -0.2) is 29.6 Å². The number of anilines is 1. The molecule has 0 unspecified atom stereocenters. The highest BCUT2D eigenvalue weighted by Crippen LogP contribution is 2.13. The van der Waals surface area contributed by atoms with Gasteiger partial charge in [0.25, 0.3) is 5.91 Å². The number of carboxylic acids is 1. The van der Waals surface area contributed by atoms with E-state index >= 15 is 0 Å². The van der Waals surface area contributed by atoms with Gasteiger partial charge in [0.15, 0.2) is 0 Å². The summed E-state index contributed by atoms with van der Waals surface area (Å²) in [5.74, 6) is -1.11. The van der Waals surface area contributed by atoms with Crippen molar-refractivity contribution >= 4 is 28.9 Å². The largest absolute Gasteiger partial charge is 0.480 e. The van der Waals surface area contributed by atoms with Gasteiger partial charge in [-0.1, -0.05) is 12.1 Å². The molecule has 1 heterocycles. The smallest absolute Gasteiger partial charge is 0.322 e. The fourth-order valence-electron chi connectivity index (χ4n) is 2.04. The number of aliphatic carboxylic acids is 1. The molecule has 1 atom stereocenters. The first-order valence-corrected chi connectivity index (χ1v) is 7.81. The van der Waals surface area contributed by atoms with Crippen molar-refractivity contribution < 1.29 is 14.7 Å². The van der Waals surface area contributed by atoms with Crippen molar-refractivity contribution in [3.05, 3.63) is 52.2 Å². The number of hydrogen-bond donors (Lipinski definition) is 3. The van der Waals surface area contributed by atoms with Crippen molar-refractivity contribution in [3.63, 3.8) is 0 Å². The van der Waals surface area contributed by atoms with E-state index in [0.29, 0.717) is 11.3 Å². The molecule has 1 amide bonds. The third-order valence-electron chi connectivity index (χ3n) is 3.03. The van der Waals surface area contributed by atoms with Crippen LogP contribution in [0.25, 0.3) is 0 Å². The Morgan fingerprint density at radius 1 is 1.27 bits per heavy atom. The minimum atomic E-state index is -0.945. The summed E-state index contributed by atoms with van der Waals surface area (Å²) in [5, 5.41) is 16.4. The van der Waals surface area contributed by atoms with E-state index in [-0.39, 0.29) is 18.5 Å². The topological polar surface area (TPSA) is 78.4 Å². The van der Waals surface area contributed by atoms with Gasteiger partial charge in [0.2, 0.25) is 0 Å². The lowest BCUT2D eigenvalue weighted by molar-refractivity contribution is -0.134. The van der Waals surface area contributed by atoms with Crippen LogP contribution in [0, 0.1) is 0 Å². The first-order valence-electron chi connectivity index (χ1n) is 6.93. The van der Waals surface area contributed by atoms with E-state index in [1.165, 1.54) is 4.88 Å². The summed E-state index contributed by atoms with van der Waals surface area (Å²) in [6.45, 7) is 1.78. The first-order chi connectivity index (χ1) is 10.5. The number of hydrogen-bond acceptors (Lipinski definition) is 4. The monoisotopic (exact) mass is 318 g/mol. The number of nitrogens with one attached hydrogen (secondary N) is 2. The third kappa shape index (κ3) is 4.89. The maximum atomic E-state index is 12.2. The quantitative estimate of drug-likeness (QED) is 0.733. The van der Waals surface area contributed by atoms with Crippen LogP contribution in [0.4, 0.5) is 5.69 Å². The Morgan fingerprint density at radius 3 is 2.77 bits per heavy atom. The highest BCUT2D eigenvalue weighted by atomic mass is 32.1. The van der Waals surface area contributed by atoms with Crippen LogP contribution < -0.4 is 10.6 Å². The Labute approximate surface area is 133 Å². The van der Waals surface area contributed by atoms with Crippen LogP contribution >= 0.6 is 11.3 Å². The number of carbonyl (C=O) groups excluding carboxylic acids is 1. The van der Waals surface area contributed by atoms with Gasteiger partial charge < -0.3 is 15.7 Å². The summed E-state index contributed by atoms with van der Waals surface area (Å²) in [7, 11) is 0. The lowest BCUT2D eigenvalue weighted by Crippen LogP contribution is -2.33. The van der Waals surface area contributed by atoms with Gasteiger partial charge in [-0.3, -0.25) is 9.59 Å². The van der Waals surface area contributed by atoms with E-state index < -0.39 is 5.97 Å². The highest BCUT2D eigenvalue weighted by molar-refractivity contribution is 7.09. The molecule has 0 aliphatic carbocycles. The summed E-state index contributed by atoms with van der Waals surface area (Å²) in [5.41, 5.74) is 1.12. The second-order valence-electron chi connectivity index (χ2n) is 4.99. The van der Waals surface area contributed by atoms with Crippen molar-refractivity contribution in [1.82, 2.24) is 5.32 Å². The van der Waals surface area contributed by atoms with Gasteiger partial charge in [-0.25, -0.2) is 0 Å². The Balaban J connectivity index is 1.94. The molecule has 22 heavy (non-hydrogen) atoms. The normalized spacial score (nSPS) is 11.7. The van der Waals surface area contributed by atoms with Crippen LogP contribution in [0.2, 0.25) is 0 Å². The molecule has 1 aromatic heterocycles. The highest BCUT2D eigenvalue weighted by Gasteiger charge is 2.11. The van der Waals surface area contributed by atoms with E-state index in [1.54, 1.807) is 35.6 Å². The maximum Gasteiger partial charge on any atom is 0.322 e. The number of benzene rings is 1. The van der Waals surface area contributed by atoms with Gasteiger partial charge >= 0.3 is 5.97 Å². The molecular formula is C16H18N2O3S. The van der Waals surface area contributed by atoms with Crippen molar-refractivity contribution in [2.75, 3.05) is 11.9 Å². The molecule has 0 saturated heterocycles. The van der Waals surface area contributed by atoms with Crippen molar-refractivity contribution in [3.8, 4) is 0 Å². The molecule has 0 fully saturated rings. The van der Waals surface area contributed by atoms with E-state index in [4.69, 9.17) is 5.11 Å². The zero-order valence-corrected chi connectivity index (χ0v) is 13.0. The van der Waals surface area contributed by atoms with Crippen molar-refractivity contribution in [2.45, 2.75) is 19.4 Å². The molecule has 0 bridgehead atoms. The maximum absolute atomic E-state index is 12.2. The van der Waals surface area contributed by atoms with Crippen LogP contribution in [0.5, 0.6) is 0 Å². The second kappa shape index (κ2) is 7.61. The van der Waals surface area contributed by atoms with Gasteiger partial charge in [0.1, 0.15) is 6.54 Å². The Hall–Kier alpha value is -2.34. The molecule has 0 spiro atoms. The zero-order valence-electron chi connectivity index (χ0n) is 12.2. The number of carboxylic acid groups (broad SMARTS) is 1. The predicted octanol–water partition coefficient (Wildman–Crippen LogP) is 2.61. The zero-order chi connectivity index (χ0) is 15.9. The van der Waals surface area contributed by atoms with Gasteiger partial charge in [-0.05, 0) is 36.6 Å². The fraction of sp³-hybridized carbons (Fsp3) is 0.250. The number of carbonyl (C=O) groups is 2. The molecule has 2 aromatic rings. The molecule has 0 radical (unpaired) electrons. The Bertz CT molecular complexity index is 641. The molecule has 0 aliphatic heterocycles. The van der Waals surface area contributed by atoms with Gasteiger partial charge in [-0.15, -0.1) is 11.3 Å². The van der Waals surface area contributed by atoms with Crippen LogP contribution in [-0.2, 0) is 11.2 Å². The van der Waals surface area contributed by atoms with Crippen LogP contribution in [0.1, 0.15) is 22.2 Å². The average molecular weight is 318 g/mol. The molecule has 0 saturated carbocycles. The summed E-state index contributed by atoms with van der Waals surface area (Å²) >= 11 is 1.67. The van der Waals surface area contributed by atoms with Gasteiger partial charge in [-0.2, -0.15) is 0 Å². The van der Waals surface area contributed by atoms with Gasteiger partial charge in [0, 0.05) is 28.6 Å². The summed E-state index contributed by atoms with van der Waals surface area (Å²) < 4.78 is 0. The van der Waals surface area contributed by atoms with E-state index in [2.05, 4.69) is 10.6 Å². The molecule has 1 aromatic carbocycles. The average Bonchev–Trinajstić information content (AvgIpc) is 2.98. The summed E-state index contributed by atoms with van der Waals surface area (Å²) in [6.07, 6.45) is 0.792. The predicted molar refractivity (Wildman–Crippen MR) is 87.5 cm³/mol. The van der Waals surface area contributed by atoms with E-state index in [1.807, 2.05) is 24.4 Å². The fourth-order valence-corrected chi connectivity index (χ4v) is 2.87. The number of rotatable bonds is 7. The van der Waals surface area contributed by atoms with Gasteiger partial charge in [0.05, 0.1) is 0 Å². The lowest BCUT2D eigenvalue weighted by atomic mass is 10.1. The summed E-state index contributed by atoms with van der Waals surface area (Å²) in [6, 6.07) is 10.9. The first kappa shape index (κ1) is 16.0. The summed E-state index contributed by atoms with van der Waals surface area (Å²) in [4.78, 5) is 24.0. The second-order valence-corrected chi connectivity index (χ2v) is 6.02. The van der Waals surface area contributed by atoms with E-state index in [9.17, 15) is 9.59 Å². The Kier molecular flexibility index (Phi) is 5.55. The molecule has 6 heteroatoms.